The summed E-state index contributed by atoms with van der Waals surface area (Å²) in [5, 5.41) is 8.29. The van der Waals surface area contributed by atoms with E-state index in [0.717, 1.165) is 0 Å². The maximum atomic E-state index is 13.7. The fraction of sp³-hybridized carbons (Fsp3) is 0.346. The van der Waals surface area contributed by atoms with Crippen LogP contribution >= 0.6 is 54.5 Å². The number of anilines is 2. The number of hydrogen-bond donors (Lipinski definition) is 3. The van der Waals surface area contributed by atoms with E-state index in [1.54, 1.807) is 22.9 Å². The molecule has 4 rings (SSSR count). The standard InChI is InChI=1S/C26H28ClFN5O5PS3/c1-3-21(33-26(40)42-25(32-33)41-9-5-8-39(35,36)37)22(34)11-15-10-17-20(13-23(15)38-4-2)29-14-30-24(17)31-16-6-7-19(28)18(27)12-16/h6-7,10,12-14,21H,3-5,8-9,11H2,1-2H3,(H,29,30,31)(H2,35,36,37). The Bertz CT molecular complexity index is 1700. The minimum atomic E-state index is -4.05. The van der Waals surface area contributed by atoms with Crippen molar-refractivity contribution in [2.75, 3.05) is 23.8 Å². The number of benzene rings is 2. The maximum absolute atomic E-state index is 13.7. The van der Waals surface area contributed by atoms with Gasteiger partial charge < -0.3 is 19.8 Å². The first-order valence-corrected chi connectivity index (χ1v) is 17.3. The lowest BCUT2D eigenvalue weighted by molar-refractivity contribution is -0.122. The van der Waals surface area contributed by atoms with Crippen molar-refractivity contribution in [1.82, 2.24) is 19.7 Å². The molecule has 0 aliphatic heterocycles. The molecule has 0 spiro atoms. The first kappa shape index (κ1) is 32.5. The Kier molecular flexibility index (Phi) is 11.1. The van der Waals surface area contributed by atoms with E-state index < -0.39 is 19.5 Å². The highest BCUT2D eigenvalue weighted by Crippen LogP contribution is 2.36. The van der Waals surface area contributed by atoms with E-state index in [2.05, 4.69) is 20.4 Å². The highest BCUT2D eigenvalue weighted by atomic mass is 35.5. The lowest BCUT2D eigenvalue weighted by Gasteiger charge is -2.17. The van der Waals surface area contributed by atoms with E-state index in [4.69, 9.17) is 38.3 Å². The summed E-state index contributed by atoms with van der Waals surface area (Å²) in [5.74, 6) is 0.789. The molecule has 1 atom stereocenters. The van der Waals surface area contributed by atoms with Crippen LogP contribution in [-0.2, 0) is 15.8 Å². The number of Topliss-reactive ketones (excluding diaryl/α,β-unsaturated/α-hetero) is 1. The van der Waals surface area contributed by atoms with E-state index in [1.807, 2.05) is 13.8 Å². The van der Waals surface area contributed by atoms with Gasteiger partial charge in [0, 0.05) is 34.9 Å². The fourth-order valence-corrected chi connectivity index (χ4v) is 7.56. The van der Waals surface area contributed by atoms with Gasteiger partial charge in [-0.3, -0.25) is 9.36 Å². The number of nitrogens with zero attached hydrogens (tertiary/aromatic N) is 4. The van der Waals surface area contributed by atoms with Crippen LogP contribution in [0, 0.1) is 9.77 Å². The van der Waals surface area contributed by atoms with Gasteiger partial charge in [-0.05, 0) is 56.2 Å². The zero-order valence-corrected chi connectivity index (χ0v) is 26.7. The highest BCUT2D eigenvalue weighted by Gasteiger charge is 2.24. The van der Waals surface area contributed by atoms with Gasteiger partial charge >= 0.3 is 7.60 Å². The molecule has 16 heteroatoms. The van der Waals surface area contributed by atoms with Crippen molar-refractivity contribution in [3.8, 4) is 5.75 Å². The van der Waals surface area contributed by atoms with E-state index in [0.29, 0.717) is 67.2 Å². The Morgan fingerprint density at radius 2 is 2.07 bits per heavy atom. The molecule has 0 aliphatic carbocycles. The van der Waals surface area contributed by atoms with Crippen molar-refractivity contribution >= 4 is 82.7 Å². The van der Waals surface area contributed by atoms with Gasteiger partial charge in [0.25, 0.3) is 0 Å². The number of aromatic nitrogens is 4. The Morgan fingerprint density at radius 3 is 2.76 bits per heavy atom. The lowest BCUT2D eigenvalue weighted by atomic mass is 9.99. The molecular formula is C26H28ClFN5O5PS3. The van der Waals surface area contributed by atoms with Crippen molar-refractivity contribution in [3.05, 3.63) is 57.0 Å². The second kappa shape index (κ2) is 14.3. The van der Waals surface area contributed by atoms with Crippen molar-refractivity contribution < 1.29 is 28.3 Å². The average Bonchev–Trinajstić information content (AvgIpc) is 3.29. The molecule has 10 nitrogen and oxygen atoms in total. The maximum Gasteiger partial charge on any atom is 0.325 e. The number of carbonyl (C=O) groups is 1. The summed E-state index contributed by atoms with van der Waals surface area (Å²) in [5.41, 5.74) is 1.76. The minimum Gasteiger partial charge on any atom is -0.494 e. The summed E-state index contributed by atoms with van der Waals surface area (Å²) in [6.07, 6.45) is 2.02. The molecule has 0 radical (unpaired) electrons. The van der Waals surface area contributed by atoms with E-state index >= 15 is 0 Å². The second-order valence-electron chi connectivity index (χ2n) is 9.12. The quantitative estimate of drug-likeness (QED) is 0.0554. The number of carbonyl (C=O) groups excluding carboxylic acids is 1. The predicted octanol–water partition coefficient (Wildman–Crippen LogP) is 6.97. The largest absolute Gasteiger partial charge is 0.494 e. The molecule has 2 aromatic heterocycles. The number of ether oxygens (including phenoxy) is 1. The third-order valence-electron chi connectivity index (χ3n) is 6.09. The number of ketones is 1. The number of rotatable bonds is 14. The Labute approximate surface area is 259 Å². The molecule has 0 fully saturated rings. The zero-order valence-electron chi connectivity index (χ0n) is 22.6. The molecule has 2 heterocycles. The molecule has 1 unspecified atom stereocenters. The van der Waals surface area contributed by atoms with Gasteiger partial charge in [0.05, 0.1) is 23.3 Å². The van der Waals surface area contributed by atoms with Gasteiger partial charge in [-0.1, -0.05) is 41.6 Å². The molecule has 224 valence electrons. The van der Waals surface area contributed by atoms with E-state index in [1.165, 1.54) is 41.6 Å². The Morgan fingerprint density at radius 1 is 1.29 bits per heavy atom. The SMILES string of the molecule is CCOc1cc2ncnc(Nc3ccc(F)c(Cl)c3)c2cc1CC(=O)C(CC)n1nc(SCCCP(=O)(O)O)sc1=S. The molecule has 0 amide bonds. The van der Waals surface area contributed by atoms with Crippen LogP contribution in [0.2, 0.25) is 5.02 Å². The molecule has 3 N–H and O–H groups in total. The topological polar surface area (TPSA) is 139 Å². The van der Waals surface area contributed by atoms with Crippen LogP contribution in [0.15, 0.2) is 41.0 Å². The van der Waals surface area contributed by atoms with Crippen LogP contribution in [0.25, 0.3) is 10.9 Å². The number of fused-ring (bicyclic) bond motifs is 1. The smallest absolute Gasteiger partial charge is 0.325 e. The molecule has 0 saturated heterocycles. The first-order chi connectivity index (χ1) is 20.0. The van der Waals surface area contributed by atoms with Crippen molar-refractivity contribution in [3.63, 3.8) is 0 Å². The van der Waals surface area contributed by atoms with E-state index in [-0.39, 0.29) is 23.4 Å². The summed E-state index contributed by atoms with van der Waals surface area (Å²) in [6, 6.07) is 7.20. The summed E-state index contributed by atoms with van der Waals surface area (Å²) < 4.78 is 33.2. The van der Waals surface area contributed by atoms with Gasteiger partial charge in [-0.25, -0.2) is 19.0 Å². The molecule has 2 aromatic carbocycles. The minimum absolute atomic E-state index is 0.0303. The number of thioether (sulfide) groups is 1. The summed E-state index contributed by atoms with van der Waals surface area (Å²) in [4.78, 5) is 40.5. The van der Waals surface area contributed by atoms with Crippen LogP contribution < -0.4 is 10.1 Å². The number of hydrogen-bond acceptors (Lipinski definition) is 10. The first-order valence-electron chi connectivity index (χ1n) is 12.9. The molecule has 0 aliphatic rings. The van der Waals surface area contributed by atoms with Gasteiger partial charge in [-0.15, -0.1) is 0 Å². The molecule has 4 aromatic rings. The Balaban J connectivity index is 1.59. The second-order valence-corrected chi connectivity index (χ2v) is 14.3. The monoisotopic (exact) mass is 671 g/mol. The average molecular weight is 672 g/mol. The van der Waals surface area contributed by atoms with Gasteiger partial charge in [-0.2, -0.15) is 5.10 Å². The third-order valence-corrected chi connectivity index (χ3v) is 9.76. The van der Waals surface area contributed by atoms with Crippen LogP contribution in [0.1, 0.15) is 38.3 Å². The number of halogens is 2. The normalized spacial score (nSPS) is 12.4. The van der Waals surface area contributed by atoms with Crippen molar-refractivity contribution in [2.24, 2.45) is 0 Å². The number of nitrogens with one attached hydrogen (secondary N) is 1. The van der Waals surface area contributed by atoms with Crippen LogP contribution in [0.3, 0.4) is 0 Å². The fourth-order valence-electron chi connectivity index (χ4n) is 4.17. The summed E-state index contributed by atoms with van der Waals surface area (Å²) >= 11 is 14.1. The third kappa shape index (κ3) is 8.34. The van der Waals surface area contributed by atoms with Gasteiger partial charge in [0.1, 0.15) is 29.8 Å². The Hall–Kier alpha value is -2.45. The van der Waals surface area contributed by atoms with E-state index in [9.17, 15) is 13.8 Å². The summed E-state index contributed by atoms with van der Waals surface area (Å²) in [7, 11) is -4.05. The molecular weight excluding hydrogens is 644 g/mol. The lowest BCUT2D eigenvalue weighted by Crippen LogP contribution is -2.22. The van der Waals surface area contributed by atoms with Crippen molar-refractivity contribution in [1.29, 1.82) is 0 Å². The van der Waals surface area contributed by atoms with Crippen molar-refractivity contribution in [2.45, 2.75) is 43.5 Å². The van der Waals surface area contributed by atoms with Crippen LogP contribution in [0.4, 0.5) is 15.9 Å². The molecule has 0 saturated carbocycles. The molecule has 0 bridgehead atoms. The van der Waals surface area contributed by atoms with Crippen LogP contribution in [0.5, 0.6) is 5.75 Å². The predicted molar refractivity (Wildman–Crippen MR) is 167 cm³/mol. The van der Waals surface area contributed by atoms with Gasteiger partial charge in [0.2, 0.25) is 0 Å². The van der Waals surface area contributed by atoms with Crippen LogP contribution in [-0.4, -0.2) is 53.8 Å². The highest BCUT2D eigenvalue weighted by molar-refractivity contribution is 8.01. The summed E-state index contributed by atoms with van der Waals surface area (Å²) in [6.45, 7) is 4.11. The van der Waals surface area contributed by atoms with Gasteiger partial charge in [0.15, 0.2) is 14.1 Å². The zero-order chi connectivity index (χ0) is 30.4. The molecule has 42 heavy (non-hydrogen) atoms.